The van der Waals surface area contributed by atoms with E-state index in [1.165, 1.54) is 17.8 Å². The van der Waals surface area contributed by atoms with Gasteiger partial charge in [0.25, 0.3) is 5.91 Å². The number of carbonyl (C=O) groups is 2. The number of nitrogens with zero attached hydrogens (tertiary/aromatic N) is 3. The Morgan fingerprint density at radius 2 is 1.97 bits per heavy atom. The summed E-state index contributed by atoms with van der Waals surface area (Å²) >= 11 is 0. The van der Waals surface area contributed by atoms with E-state index in [0.717, 1.165) is 12.4 Å². The van der Waals surface area contributed by atoms with E-state index in [0.29, 0.717) is 17.1 Å². The SMILES string of the molecule is CONC(=O)c1cc(F)cc(F)c1Nc1ncnn2cc(C(=O)O)c(C(C)C)c12. The van der Waals surface area contributed by atoms with Crippen LogP contribution in [0, 0.1) is 11.6 Å². The number of aromatic carboxylic acids is 1. The molecule has 0 saturated carbocycles. The van der Waals surface area contributed by atoms with Crippen LogP contribution in [0.3, 0.4) is 0 Å². The Bertz CT molecular complexity index is 1110. The number of anilines is 2. The van der Waals surface area contributed by atoms with Crippen LogP contribution in [0.4, 0.5) is 20.3 Å². The maximum Gasteiger partial charge on any atom is 0.337 e. The largest absolute Gasteiger partial charge is 0.478 e. The summed E-state index contributed by atoms with van der Waals surface area (Å²) in [5, 5.41) is 16.2. The van der Waals surface area contributed by atoms with E-state index in [4.69, 9.17) is 0 Å². The second-order valence-electron chi connectivity index (χ2n) is 6.39. The van der Waals surface area contributed by atoms with Gasteiger partial charge in [0.05, 0.1) is 23.9 Å². The maximum atomic E-state index is 14.5. The number of aromatic nitrogens is 3. The summed E-state index contributed by atoms with van der Waals surface area (Å²) in [4.78, 5) is 32.4. The smallest absolute Gasteiger partial charge is 0.337 e. The number of fused-ring (bicyclic) bond motifs is 1. The molecule has 0 aliphatic heterocycles. The third kappa shape index (κ3) is 3.72. The Hall–Kier alpha value is -3.60. The lowest BCUT2D eigenvalue weighted by atomic mass is 10.00. The minimum Gasteiger partial charge on any atom is -0.478 e. The second-order valence-corrected chi connectivity index (χ2v) is 6.39. The molecule has 11 heteroatoms. The number of hydroxylamine groups is 1. The fourth-order valence-electron chi connectivity index (χ4n) is 3.03. The van der Waals surface area contributed by atoms with Crippen molar-refractivity contribution in [2.45, 2.75) is 19.8 Å². The number of hydrogen-bond donors (Lipinski definition) is 3. The van der Waals surface area contributed by atoms with Crippen molar-refractivity contribution in [3.8, 4) is 0 Å². The van der Waals surface area contributed by atoms with Gasteiger partial charge in [-0.1, -0.05) is 13.8 Å². The first-order valence-corrected chi connectivity index (χ1v) is 8.43. The zero-order chi connectivity index (χ0) is 21.3. The van der Waals surface area contributed by atoms with Gasteiger partial charge in [-0.05, 0) is 12.0 Å². The van der Waals surface area contributed by atoms with Crippen LogP contribution in [0.25, 0.3) is 5.52 Å². The third-order valence-corrected chi connectivity index (χ3v) is 4.16. The Morgan fingerprint density at radius 1 is 1.24 bits per heavy atom. The molecular weight excluding hydrogens is 388 g/mol. The lowest BCUT2D eigenvalue weighted by molar-refractivity contribution is 0.0537. The molecule has 0 radical (unpaired) electrons. The van der Waals surface area contributed by atoms with Gasteiger partial charge in [-0.3, -0.25) is 9.63 Å². The van der Waals surface area contributed by atoms with Crippen LogP contribution in [-0.2, 0) is 4.84 Å². The highest BCUT2D eigenvalue weighted by Crippen LogP contribution is 2.33. The molecule has 0 aliphatic rings. The van der Waals surface area contributed by atoms with Crippen LogP contribution in [0.5, 0.6) is 0 Å². The number of amides is 1. The van der Waals surface area contributed by atoms with Crippen molar-refractivity contribution in [3.05, 3.63) is 53.0 Å². The summed E-state index contributed by atoms with van der Waals surface area (Å²) in [5.41, 5.74) is 2.01. The van der Waals surface area contributed by atoms with E-state index in [2.05, 4.69) is 20.2 Å². The summed E-state index contributed by atoms with van der Waals surface area (Å²) in [5.74, 6) is -4.22. The van der Waals surface area contributed by atoms with Gasteiger partial charge >= 0.3 is 5.97 Å². The minimum absolute atomic E-state index is 0.0143. The fourth-order valence-corrected chi connectivity index (χ4v) is 3.03. The van der Waals surface area contributed by atoms with Crippen molar-refractivity contribution in [2.24, 2.45) is 0 Å². The molecule has 0 aliphatic carbocycles. The van der Waals surface area contributed by atoms with Gasteiger partial charge in [0.15, 0.2) is 5.82 Å². The molecule has 2 heterocycles. The lowest BCUT2D eigenvalue weighted by Gasteiger charge is -2.14. The minimum atomic E-state index is -1.15. The molecule has 3 N–H and O–H groups in total. The van der Waals surface area contributed by atoms with Crippen LogP contribution in [0.2, 0.25) is 0 Å². The number of carboxylic acid groups (broad SMARTS) is 1. The summed E-state index contributed by atoms with van der Waals surface area (Å²) in [6.45, 7) is 3.57. The highest BCUT2D eigenvalue weighted by molar-refractivity contribution is 6.01. The zero-order valence-electron chi connectivity index (χ0n) is 15.7. The van der Waals surface area contributed by atoms with Crippen LogP contribution in [-0.4, -0.2) is 38.7 Å². The van der Waals surface area contributed by atoms with Crippen LogP contribution in [0.15, 0.2) is 24.7 Å². The molecule has 1 aromatic carbocycles. The summed E-state index contributed by atoms with van der Waals surface area (Å²) in [6.07, 6.45) is 2.46. The zero-order valence-corrected chi connectivity index (χ0v) is 15.7. The monoisotopic (exact) mass is 405 g/mol. The van der Waals surface area contributed by atoms with Crippen molar-refractivity contribution < 1.29 is 28.3 Å². The number of carbonyl (C=O) groups excluding carboxylic acids is 1. The quantitative estimate of drug-likeness (QED) is 0.540. The van der Waals surface area contributed by atoms with Crippen LogP contribution in [0.1, 0.15) is 46.0 Å². The number of hydrogen-bond acceptors (Lipinski definition) is 6. The number of carboxylic acids is 1. The molecule has 1 amide bonds. The topological polar surface area (TPSA) is 118 Å². The van der Waals surface area contributed by atoms with Crippen molar-refractivity contribution in [2.75, 3.05) is 12.4 Å². The predicted molar refractivity (Wildman–Crippen MR) is 98.2 cm³/mol. The fraction of sp³-hybridized carbons (Fsp3) is 0.222. The average molecular weight is 405 g/mol. The lowest BCUT2D eigenvalue weighted by Crippen LogP contribution is -2.23. The Labute approximate surface area is 163 Å². The van der Waals surface area contributed by atoms with E-state index < -0.39 is 23.5 Å². The van der Waals surface area contributed by atoms with Gasteiger partial charge in [0.1, 0.15) is 23.5 Å². The molecule has 9 nitrogen and oxygen atoms in total. The predicted octanol–water partition coefficient (Wildman–Crippen LogP) is 2.86. The van der Waals surface area contributed by atoms with Crippen molar-refractivity contribution >= 4 is 28.9 Å². The van der Waals surface area contributed by atoms with E-state index in [-0.39, 0.29) is 28.6 Å². The first-order valence-electron chi connectivity index (χ1n) is 8.43. The molecule has 0 spiro atoms. The summed E-state index contributed by atoms with van der Waals surface area (Å²) in [7, 11) is 1.18. The summed E-state index contributed by atoms with van der Waals surface area (Å²) < 4.78 is 29.5. The maximum absolute atomic E-state index is 14.5. The molecule has 2 aromatic heterocycles. The summed E-state index contributed by atoms with van der Waals surface area (Å²) in [6, 6.07) is 1.44. The Morgan fingerprint density at radius 3 is 2.59 bits per heavy atom. The Kier molecular flexibility index (Phi) is 5.41. The van der Waals surface area contributed by atoms with Crippen LogP contribution >= 0.6 is 0 Å². The molecule has 0 atom stereocenters. The van der Waals surface area contributed by atoms with Crippen molar-refractivity contribution in [1.82, 2.24) is 20.1 Å². The van der Waals surface area contributed by atoms with E-state index in [1.54, 1.807) is 13.8 Å². The van der Waals surface area contributed by atoms with Gasteiger partial charge in [0, 0.05) is 17.8 Å². The van der Waals surface area contributed by atoms with Gasteiger partial charge in [0.2, 0.25) is 0 Å². The Balaban J connectivity index is 2.22. The number of benzene rings is 1. The van der Waals surface area contributed by atoms with Crippen LogP contribution < -0.4 is 10.8 Å². The number of nitrogens with one attached hydrogen (secondary N) is 2. The van der Waals surface area contributed by atoms with E-state index in [9.17, 15) is 23.5 Å². The molecule has 0 unspecified atom stereocenters. The average Bonchev–Trinajstić information content (AvgIpc) is 3.05. The standard InChI is InChI=1S/C18H17F2N5O4/c1-8(2)13-11(18(27)28)6-25-15(13)16(21-7-22-25)23-14-10(17(26)24-29-3)4-9(19)5-12(14)20/h4-8H,1-3H3,(H,24,26)(H,27,28)(H,21,22,23). The van der Waals surface area contributed by atoms with Crippen molar-refractivity contribution in [1.29, 1.82) is 0 Å². The van der Waals surface area contributed by atoms with Gasteiger partial charge in [-0.25, -0.2) is 28.6 Å². The third-order valence-electron chi connectivity index (χ3n) is 4.16. The van der Waals surface area contributed by atoms with Gasteiger partial charge in [-0.2, -0.15) is 5.10 Å². The van der Waals surface area contributed by atoms with Crippen molar-refractivity contribution in [3.63, 3.8) is 0 Å². The molecule has 3 aromatic rings. The molecule has 0 bridgehead atoms. The first kappa shape index (κ1) is 20.1. The number of rotatable bonds is 6. The second kappa shape index (κ2) is 7.80. The van der Waals surface area contributed by atoms with Gasteiger partial charge in [-0.15, -0.1) is 0 Å². The normalized spacial score (nSPS) is 11.1. The van der Waals surface area contributed by atoms with E-state index in [1.807, 2.05) is 5.48 Å². The first-order chi connectivity index (χ1) is 13.7. The highest BCUT2D eigenvalue weighted by atomic mass is 19.1. The molecular formula is C18H17F2N5O4. The molecule has 29 heavy (non-hydrogen) atoms. The highest BCUT2D eigenvalue weighted by Gasteiger charge is 2.24. The van der Waals surface area contributed by atoms with Gasteiger partial charge < -0.3 is 10.4 Å². The number of halogens is 2. The molecule has 152 valence electrons. The van der Waals surface area contributed by atoms with E-state index >= 15 is 0 Å². The molecule has 0 saturated heterocycles. The molecule has 0 fully saturated rings. The molecule has 3 rings (SSSR count).